The van der Waals surface area contributed by atoms with E-state index in [0.29, 0.717) is 22.8 Å². The number of fused-ring (bicyclic) bond motifs is 1. The molecule has 4 heteroatoms. The molecule has 0 saturated carbocycles. The minimum absolute atomic E-state index is 0.0831. The molecular formula is C13H16O4. The van der Waals surface area contributed by atoms with E-state index in [1.165, 1.54) is 0 Å². The van der Waals surface area contributed by atoms with Crippen LogP contribution in [0.1, 0.15) is 24.2 Å². The van der Waals surface area contributed by atoms with Crippen LogP contribution in [-0.2, 0) is 0 Å². The Kier molecular flexibility index (Phi) is 2.96. The van der Waals surface area contributed by atoms with Crippen LogP contribution in [0.3, 0.4) is 0 Å². The van der Waals surface area contributed by atoms with Crippen LogP contribution in [0.4, 0.5) is 0 Å². The first-order chi connectivity index (χ1) is 8.08. The van der Waals surface area contributed by atoms with Crippen molar-refractivity contribution in [2.45, 2.75) is 20.0 Å². The Morgan fingerprint density at radius 1 is 1.12 bits per heavy atom. The highest BCUT2D eigenvalue weighted by molar-refractivity contribution is 6.02. The summed E-state index contributed by atoms with van der Waals surface area (Å²) < 4.78 is 16.1. The van der Waals surface area contributed by atoms with Gasteiger partial charge in [0.15, 0.2) is 17.3 Å². The Morgan fingerprint density at radius 2 is 1.71 bits per heavy atom. The first kappa shape index (κ1) is 11.8. The van der Waals surface area contributed by atoms with Crippen molar-refractivity contribution in [1.29, 1.82) is 0 Å². The van der Waals surface area contributed by atoms with Gasteiger partial charge in [0, 0.05) is 6.07 Å². The number of Topliss-reactive ketones (excluding diaryl/α,β-unsaturated/α-hetero) is 1. The molecule has 2 rings (SSSR count). The monoisotopic (exact) mass is 236 g/mol. The predicted molar refractivity (Wildman–Crippen MR) is 63.1 cm³/mol. The molecule has 2 unspecified atom stereocenters. The van der Waals surface area contributed by atoms with Crippen molar-refractivity contribution in [3.8, 4) is 17.2 Å². The van der Waals surface area contributed by atoms with E-state index in [2.05, 4.69) is 0 Å². The van der Waals surface area contributed by atoms with Gasteiger partial charge in [-0.1, -0.05) is 6.92 Å². The molecule has 0 bridgehead atoms. The zero-order chi connectivity index (χ0) is 12.6. The van der Waals surface area contributed by atoms with E-state index in [9.17, 15) is 4.79 Å². The quantitative estimate of drug-likeness (QED) is 0.790. The van der Waals surface area contributed by atoms with Gasteiger partial charge in [-0.3, -0.25) is 4.79 Å². The molecule has 0 fully saturated rings. The Morgan fingerprint density at radius 3 is 2.29 bits per heavy atom. The van der Waals surface area contributed by atoms with Crippen molar-refractivity contribution in [2.75, 3.05) is 14.2 Å². The van der Waals surface area contributed by atoms with Crippen LogP contribution in [0.5, 0.6) is 17.2 Å². The summed E-state index contributed by atoms with van der Waals surface area (Å²) in [4.78, 5) is 12.1. The fourth-order valence-electron chi connectivity index (χ4n) is 1.91. The van der Waals surface area contributed by atoms with E-state index in [1.807, 2.05) is 13.8 Å². The van der Waals surface area contributed by atoms with E-state index >= 15 is 0 Å². The highest BCUT2D eigenvalue weighted by Gasteiger charge is 2.32. The third-order valence-electron chi connectivity index (χ3n) is 3.18. The molecule has 0 aromatic heterocycles. The van der Waals surface area contributed by atoms with Crippen LogP contribution in [-0.4, -0.2) is 26.1 Å². The van der Waals surface area contributed by atoms with Gasteiger partial charge in [-0.25, -0.2) is 0 Å². The highest BCUT2D eigenvalue weighted by atomic mass is 16.5. The maximum atomic E-state index is 12.1. The van der Waals surface area contributed by atoms with Crippen molar-refractivity contribution in [3.63, 3.8) is 0 Å². The molecule has 1 aliphatic heterocycles. The third-order valence-corrected chi connectivity index (χ3v) is 3.18. The van der Waals surface area contributed by atoms with Crippen molar-refractivity contribution >= 4 is 5.78 Å². The number of ether oxygens (including phenoxy) is 3. The van der Waals surface area contributed by atoms with E-state index in [0.717, 1.165) is 0 Å². The Labute approximate surface area is 100 Å². The number of ketones is 1. The zero-order valence-corrected chi connectivity index (χ0v) is 10.4. The topological polar surface area (TPSA) is 44.8 Å². The molecule has 0 amide bonds. The molecule has 2 atom stereocenters. The summed E-state index contributed by atoms with van der Waals surface area (Å²) in [5.74, 6) is 1.63. The lowest BCUT2D eigenvalue weighted by atomic mass is 9.91. The molecule has 92 valence electrons. The van der Waals surface area contributed by atoms with Gasteiger partial charge >= 0.3 is 0 Å². The van der Waals surface area contributed by atoms with Crippen molar-refractivity contribution in [2.24, 2.45) is 5.92 Å². The molecule has 4 nitrogen and oxygen atoms in total. The molecule has 0 radical (unpaired) electrons. The highest BCUT2D eigenvalue weighted by Crippen LogP contribution is 2.39. The SMILES string of the molecule is COc1cc2c(cc1OC)C(=O)C(C)C(C)O2. The second-order valence-corrected chi connectivity index (χ2v) is 4.18. The van der Waals surface area contributed by atoms with Crippen LogP contribution in [0, 0.1) is 5.92 Å². The summed E-state index contributed by atoms with van der Waals surface area (Å²) in [6, 6.07) is 3.38. The molecule has 1 aromatic rings. The lowest BCUT2D eigenvalue weighted by Crippen LogP contribution is -2.33. The Bertz CT molecular complexity index is 453. The van der Waals surface area contributed by atoms with Gasteiger partial charge in [0.05, 0.1) is 25.7 Å². The van der Waals surface area contributed by atoms with Crippen molar-refractivity contribution in [3.05, 3.63) is 17.7 Å². The molecular weight excluding hydrogens is 220 g/mol. The van der Waals surface area contributed by atoms with Crippen molar-refractivity contribution in [1.82, 2.24) is 0 Å². The standard InChI is InChI=1S/C13H16O4/c1-7-8(2)17-10-6-12(16-4)11(15-3)5-9(10)13(7)14/h5-8H,1-4H3. The van der Waals surface area contributed by atoms with Gasteiger partial charge in [-0.15, -0.1) is 0 Å². The fourth-order valence-corrected chi connectivity index (χ4v) is 1.91. The van der Waals surface area contributed by atoms with Crippen LogP contribution in [0.25, 0.3) is 0 Å². The largest absolute Gasteiger partial charge is 0.493 e. The summed E-state index contributed by atoms with van der Waals surface area (Å²) >= 11 is 0. The first-order valence-electron chi connectivity index (χ1n) is 5.55. The Hall–Kier alpha value is -1.71. The molecule has 0 aliphatic carbocycles. The van der Waals surface area contributed by atoms with Gasteiger partial charge in [-0.05, 0) is 13.0 Å². The summed E-state index contributed by atoms with van der Waals surface area (Å²) in [5, 5.41) is 0. The number of hydrogen-bond acceptors (Lipinski definition) is 4. The zero-order valence-electron chi connectivity index (χ0n) is 10.4. The molecule has 0 saturated heterocycles. The van der Waals surface area contributed by atoms with Gasteiger partial charge in [0.2, 0.25) is 0 Å². The minimum Gasteiger partial charge on any atom is -0.493 e. The van der Waals surface area contributed by atoms with Crippen LogP contribution < -0.4 is 14.2 Å². The van der Waals surface area contributed by atoms with E-state index in [-0.39, 0.29) is 17.8 Å². The van der Waals surface area contributed by atoms with Gasteiger partial charge in [-0.2, -0.15) is 0 Å². The lowest BCUT2D eigenvalue weighted by Gasteiger charge is -2.28. The number of hydrogen-bond donors (Lipinski definition) is 0. The number of carbonyl (C=O) groups excluding carboxylic acids is 1. The predicted octanol–water partition coefficient (Wildman–Crippen LogP) is 2.30. The number of methoxy groups -OCH3 is 2. The lowest BCUT2D eigenvalue weighted by molar-refractivity contribution is 0.0728. The van der Waals surface area contributed by atoms with E-state index < -0.39 is 0 Å². The van der Waals surface area contributed by atoms with Gasteiger partial charge in [0.1, 0.15) is 11.9 Å². The smallest absolute Gasteiger partial charge is 0.173 e. The number of rotatable bonds is 2. The van der Waals surface area contributed by atoms with Crippen LogP contribution in [0.15, 0.2) is 12.1 Å². The summed E-state index contributed by atoms with van der Waals surface area (Å²) in [6.07, 6.45) is -0.117. The molecule has 1 aromatic carbocycles. The third kappa shape index (κ3) is 1.84. The molecule has 1 aliphatic rings. The fraction of sp³-hybridized carbons (Fsp3) is 0.462. The summed E-state index contributed by atoms with van der Waals surface area (Å²) in [6.45, 7) is 3.76. The molecule has 0 N–H and O–H groups in total. The average molecular weight is 236 g/mol. The Balaban J connectivity index is 2.54. The first-order valence-corrected chi connectivity index (χ1v) is 5.55. The van der Waals surface area contributed by atoms with E-state index in [1.54, 1.807) is 26.4 Å². The normalized spacial score (nSPS) is 22.7. The van der Waals surface area contributed by atoms with E-state index in [4.69, 9.17) is 14.2 Å². The summed E-state index contributed by atoms with van der Waals surface area (Å²) in [5.41, 5.74) is 0.563. The van der Waals surface area contributed by atoms with Gasteiger partial charge in [0.25, 0.3) is 0 Å². The molecule has 0 spiro atoms. The maximum absolute atomic E-state index is 12.1. The summed E-state index contributed by atoms with van der Waals surface area (Å²) in [7, 11) is 3.10. The van der Waals surface area contributed by atoms with Crippen molar-refractivity contribution < 1.29 is 19.0 Å². The van der Waals surface area contributed by atoms with Gasteiger partial charge < -0.3 is 14.2 Å². The minimum atomic E-state index is -0.138. The maximum Gasteiger partial charge on any atom is 0.173 e. The number of carbonyl (C=O) groups is 1. The molecule has 1 heterocycles. The van der Waals surface area contributed by atoms with Crippen LogP contribution in [0.2, 0.25) is 0 Å². The van der Waals surface area contributed by atoms with Crippen LogP contribution >= 0.6 is 0 Å². The second-order valence-electron chi connectivity index (χ2n) is 4.18. The second kappa shape index (κ2) is 4.28. The molecule has 17 heavy (non-hydrogen) atoms. The average Bonchev–Trinajstić information content (AvgIpc) is 2.34. The number of benzene rings is 1.